The van der Waals surface area contributed by atoms with Gasteiger partial charge < -0.3 is 4.57 Å². The Morgan fingerprint density at radius 1 is 1.15 bits per heavy atom. The van der Waals surface area contributed by atoms with Crippen LogP contribution in [0.5, 0.6) is 0 Å². The average Bonchev–Trinajstić information content (AvgIpc) is 2.78. The van der Waals surface area contributed by atoms with Crippen molar-refractivity contribution in [3.05, 3.63) is 67.8 Å². The Balaban J connectivity index is 2.07. The molecule has 0 aliphatic rings. The summed E-state index contributed by atoms with van der Waals surface area (Å²) in [4.78, 5) is 11.2. The number of hydrogen-bond donors (Lipinski definition) is 0. The lowest BCUT2D eigenvalue weighted by Crippen LogP contribution is -1.97. The van der Waals surface area contributed by atoms with Crippen molar-refractivity contribution >= 4 is 55.7 Å². The zero-order chi connectivity index (χ0) is 14.1. The van der Waals surface area contributed by atoms with Crippen LogP contribution >= 0.6 is 38.5 Å². The maximum absolute atomic E-state index is 11.2. The quantitative estimate of drug-likeness (QED) is 0.421. The molecule has 0 saturated heterocycles. The van der Waals surface area contributed by atoms with Gasteiger partial charge in [0.2, 0.25) is 0 Å². The van der Waals surface area contributed by atoms with E-state index in [9.17, 15) is 4.79 Å². The Hall–Kier alpha value is -1.14. The van der Waals surface area contributed by atoms with Crippen LogP contribution in [0.25, 0.3) is 10.9 Å². The van der Waals surface area contributed by atoms with Crippen LogP contribution in [-0.4, -0.2) is 10.9 Å². The Morgan fingerprint density at radius 3 is 2.60 bits per heavy atom. The van der Waals surface area contributed by atoms with Gasteiger partial charge in [-0.3, -0.25) is 4.79 Å². The second kappa shape index (κ2) is 5.69. The highest BCUT2D eigenvalue weighted by molar-refractivity contribution is 14.1. The summed E-state index contributed by atoms with van der Waals surface area (Å²) >= 11 is 5.75. The molecule has 4 heteroatoms. The van der Waals surface area contributed by atoms with Crippen LogP contribution < -0.4 is 0 Å². The van der Waals surface area contributed by atoms with E-state index in [1.165, 1.54) is 9.13 Å². The number of benzene rings is 2. The first-order valence-electron chi connectivity index (χ1n) is 6.15. The minimum atomic E-state index is 0.729. The van der Waals surface area contributed by atoms with Crippen molar-refractivity contribution in [2.45, 2.75) is 6.54 Å². The van der Waals surface area contributed by atoms with Gasteiger partial charge in [-0.05, 0) is 58.5 Å². The van der Waals surface area contributed by atoms with Crippen molar-refractivity contribution < 1.29 is 4.79 Å². The second-order valence-electron chi connectivity index (χ2n) is 4.62. The van der Waals surface area contributed by atoms with Gasteiger partial charge in [0.15, 0.2) is 6.29 Å². The molecule has 0 spiro atoms. The van der Waals surface area contributed by atoms with Crippen LogP contribution in [0.2, 0.25) is 0 Å². The molecule has 2 nitrogen and oxygen atoms in total. The third-order valence-corrected chi connectivity index (χ3v) is 4.48. The lowest BCUT2D eigenvalue weighted by atomic mass is 10.2. The van der Waals surface area contributed by atoms with Gasteiger partial charge in [0.25, 0.3) is 0 Å². The van der Waals surface area contributed by atoms with Gasteiger partial charge in [0, 0.05) is 37.3 Å². The highest BCUT2D eigenvalue weighted by Gasteiger charge is 2.08. The lowest BCUT2D eigenvalue weighted by molar-refractivity contribution is 0.112. The van der Waals surface area contributed by atoms with Gasteiger partial charge in [-0.2, -0.15) is 0 Å². The predicted molar refractivity (Wildman–Crippen MR) is 93.3 cm³/mol. The highest BCUT2D eigenvalue weighted by Crippen LogP contribution is 2.25. The summed E-state index contributed by atoms with van der Waals surface area (Å²) in [5.74, 6) is 0. The van der Waals surface area contributed by atoms with E-state index >= 15 is 0 Å². The Morgan fingerprint density at radius 2 is 1.90 bits per heavy atom. The zero-order valence-electron chi connectivity index (χ0n) is 10.5. The van der Waals surface area contributed by atoms with Gasteiger partial charge in [0.05, 0.1) is 0 Å². The van der Waals surface area contributed by atoms with E-state index in [0.717, 1.165) is 33.8 Å². The number of carbonyl (C=O) groups is 1. The summed E-state index contributed by atoms with van der Waals surface area (Å²) in [5, 5.41) is 0.986. The fourth-order valence-electron chi connectivity index (χ4n) is 2.31. The molecule has 0 amide bonds. The monoisotopic (exact) mass is 439 g/mol. The van der Waals surface area contributed by atoms with E-state index in [0.29, 0.717) is 0 Å². The van der Waals surface area contributed by atoms with E-state index in [-0.39, 0.29) is 0 Å². The second-order valence-corrected chi connectivity index (χ2v) is 6.78. The van der Waals surface area contributed by atoms with E-state index in [1.54, 1.807) is 0 Å². The topological polar surface area (TPSA) is 22.0 Å². The summed E-state index contributed by atoms with van der Waals surface area (Å²) < 4.78 is 4.33. The normalized spacial score (nSPS) is 10.9. The molecule has 2 aromatic carbocycles. The Labute approximate surface area is 139 Å². The molecule has 1 heterocycles. The van der Waals surface area contributed by atoms with E-state index in [4.69, 9.17) is 0 Å². The van der Waals surface area contributed by atoms with Gasteiger partial charge in [-0.1, -0.05) is 28.1 Å². The van der Waals surface area contributed by atoms with Crippen LogP contribution in [0.3, 0.4) is 0 Å². The molecule has 0 unspecified atom stereocenters. The van der Waals surface area contributed by atoms with E-state index < -0.39 is 0 Å². The lowest BCUT2D eigenvalue weighted by Gasteiger charge is -2.06. The van der Waals surface area contributed by atoms with Gasteiger partial charge in [-0.15, -0.1) is 0 Å². The molecule has 100 valence electrons. The molecule has 0 fully saturated rings. The number of fused-ring (bicyclic) bond motifs is 1. The fourth-order valence-corrected chi connectivity index (χ4v) is 3.03. The number of rotatable bonds is 3. The molecule has 1 aromatic heterocycles. The van der Waals surface area contributed by atoms with Crippen molar-refractivity contribution in [2.75, 3.05) is 0 Å². The van der Waals surface area contributed by atoms with Crippen LogP contribution in [0, 0.1) is 3.57 Å². The molecule has 0 aliphatic carbocycles. The molecule has 3 rings (SSSR count). The Bertz CT molecular complexity index is 777. The summed E-state index contributed by atoms with van der Waals surface area (Å²) in [7, 11) is 0. The smallest absolute Gasteiger partial charge is 0.152 e. The van der Waals surface area contributed by atoms with Crippen LogP contribution in [0.1, 0.15) is 15.9 Å². The minimum absolute atomic E-state index is 0.729. The van der Waals surface area contributed by atoms with E-state index in [2.05, 4.69) is 67.4 Å². The third kappa shape index (κ3) is 2.67. The largest absolute Gasteiger partial charge is 0.342 e. The van der Waals surface area contributed by atoms with Crippen LogP contribution in [-0.2, 0) is 6.54 Å². The molecule has 0 N–H and O–H groups in total. The van der Waals surface area contributed by atoms with Gasteiger partial charge in [0.1, 0.15) is 0 Å². The zero-order valence-corrected chi connectivity index (χ0v) is 14.3. The standard InChI is InChI=1S/C16H11BrINO/c17-13-3-6-16-15(7-13)12(10-20)9-19(16)8-11-1-4-14(18)5-2-11/h1-7,9-10H,8H2. The summed E-state index contributed by atoms with van der Waals surface area (Å²) in [6.07, 6.45) is 2.83. The van der Waals surface area contributed by atoms with Crippen LogP contribution in [0.4, 0.5) is 0 Å². The number of carbonyl (C=O) groups excluding carboxylic acids is 1. The van der Waals surface area contributed by atoms with Gasteiger partial charge in [-0.25, -0.2) is 0 Å². The molecule has 0 bridgehead atoms. The van der Waals surface area contributed by atoms with Gasteiger partial charge >= 0.3 is 0 Å². The third-order valence-electron chi connectivity index (χ3n) is 3.27. The molecule has 0 radical (unpaired) electrons. The minimum Gasteiger partial charge on any atom is -0.342 e. The molecule has 0 aliphatic heterocycles. The molecule has 3 aromatic rings. The van der Waals surface area contributed by atoms with Crippen molar-refractivity contribution in [2.24, 2.45) is 0 Å². The average molecular weight is 440 g/mol. The number of hydrogen-bond acceptors (Lipinski definition) is 1. The predicted octanol–water partition coefficient (Wildman–Crippen LogP) is 4.87. The van der Waals surface area contributed by atoms with Crippen molar-refractivity contribution in [3.8, 4) is 0 Å². The van der Waals surface area contributed by atoms with Crippen molar-refractivity contribution in [3.63, 3.8) is 0 Å². The maximum atomic E-state index is 11.2. The summed E-state index contributed by atoms with van der Waals surface area (Å²) in [6, 6.07) is 14.5. The SMILES string of the molecule is O=Cc1cn(Cc2ccc(I)cc2)c2ccc(Br)cc12. The van der Waals surface area contributed by atoms with Crippen LogP contribution in [0.15, 0.2) is 53.1 Å². The number of aldehydes is 1. The molecular weight excluding hydrogens is 429 g/mol. The molecule has 0 atom stereocenters. The Kier molecular flexibility index (Phi) is 3.94. The van der Waals surface area contributed by atoms with E-state index in [1.807, 2.05) is 24.4 Å². The molecule has 0 saturated carbocycles. The van der Waals surface area contributed by atoms with Crippen molar-refractivity contribution in [1.29, 1.82) is 0 Å². The van der Waals surface area contributed by atoms with Crippen molar-refractivity contribution in [1.82, 2.24) is 4.57 Å². The molecular formula is C16H11BrINO. The first-order chi connectivity index (χ1) is 9.67. The fraction of sp³-hybridized carbons (Fsp3) is 0.0625. The maximum Gasteiger partial charge on any atom is 0.152 e. The highest BCUT2D eigenvalue weighted by atomic mass is 127. The number of halogens is 2. The number of nitrogens with zero attached hydrogens (tertiary/aromatic N) is 1. The molecule has 20 heavy (non-hydrogen) atoms. The summed E-state index contributed by atoms with van der Waals surface area (Å²) in [5.41, 5.74) is 3.03. The first-order valence-corrected chi connectivity index (χ1v) is 8.02. The number of aromatic nitrogens is 1. The first kappa shape index (κ1) is 13.8. The summed E-state index contributed by atoms with van der Waals surface area (Å²) in [6.45, 7) is 0.767.